The predicted molar refractivity (Wildman–Crippen MR) is 169 cm³/mol. The van der Waals surface area contributed by atoms with Crippen LogP contribution < -0.4 is 20.5 Å². The van der Waals surface area contributed by atoms with Crippen LogP contribution in [0.4, 0.5) is 4.79 Å². The molecule has 1 spiro atoms. The molecule has 256 valence electrons. The number of ketones is 1. The number of unbranched alkanes of at least 4 members (excludes halogenated alkanes) is 1. The summed E-state index contributed by atoms with van der Waals surface area (Å²) in [6.07, 6.45) is 3.26. The van der Waals surface area contributed by atoms with Crippen LogP contribution in [0.2, 0.25) is 0 Å². The van der Waals surface area contributed by atoms with Gasteiger partial charge in [-0.05, 0) is 63.4 Å². The van der Waals surface area contributed by atoms with Gasteiger partial charge in [0.25, 0.3) is 0 Å². The molecular formula is C33H45N5O9. The van der Waals surface area contributed by atoms with Crippen LogP contribution in [-0.4, -0.2) is 108 Å². The van der Waals surface area contributed by atoms with Gasteiger partial charge in [-0.2, -0.15) is 0 Å². The molecule has 2 aliphatic carbocycles. The number of benzene rings is 1. The molecule has 47 heavy (non-hydrogen) atoms. The third-order valence-corrected chi connectivity index (χ3v) is 10.2. The third-order valence-electron chi connectivity index (χ3n) is 10.2. The van der Waals surface area contributed by atoms with Crippen LogP contribution in [0, 0.1) is 5.41 Å². The van der Waals surface area contributed by atoms with Crippen molar-refractivity contribution in [3.8, 4) is 11.5 Å². The molecule has 1 aromatic carbocycles. The minimum atomic E-state index is -1.30. The number of methoxy groups -OCH3 is 1. The summed E-state index contributed by atoms with van der Waals surface area (Å²) in [6, 6.07) is 2.90. The van der Waals surface area contributed by atoms with E-state index >= 15 is 0 Å². The van der Waals surface area contributed by atoms with Crippen LogP contribution in [0.25, 0.3) is 0 Å². The van der Waals surface area contributed by atoms with Crippen LogP contribution in [0.3, 0.4) is 0 Å². The number of nitrogens with two attached hydrogens (primary N) is 1. The molecule has 6 N–H and O–H groups in total. The molecule has 2 aliphatic heterocycles. The number of carboxylic acid groups (broad SMARTS) is 1. The van der Waals surface area contributed by atoms with E-state index in [0.29, 0.717) is 55.8 Å². The highest BCUT2D eigenvalue weighted by atomic mass is 16.6. The Hall–Kier alpha value is -4.17. The van der Waals surface area contributed by atoms with E-state index in [1.807, 2.05) is 19.2 Å². The summed E-state index contributed by atoms with van der Waals surface area (Å²) in [4.78, 5) is 53.0. The Morgan fingerprint density at radius 3 is 2.70 bits per heavy atom. The normalized spacial score (nSPS) is 25.8. The highest BCUT2D eigenvalue weighted by molar-refractivity contribution is 5.96. The maximum Gasteiger partial charge on any atom is 0.414 e. The number of ether oxygens (including phenoxy) is 3. The summed E-state index contributed by atoms with van der Waals surface area (Å²) >= 11 is 0. The summed E-state index contributed by atoms with van der Waals surface area (Å²) < 4.78 is 18.1. The minimum Gasteiger partial charge on any atom is -0.493 e. The molecule has 5 rings (SSSR count). The van der Waals surface area contributed by atoms with E-state index in [0.717, 1.165) is 17.7 Å². The van der Waals surface area contributed by atoms with Gasteiger partial charge >= 0.3 is 12.1 Å². The average molecular weight is 656 g/mol. The highest BCUT2D eigenvalue weighted by Gasteiger charge is 2.72. The van der Waals surface area contributed by atoms with Crippen molar-refractivity contribution in [2.75, 3.05) is 34.3 Å². The molecule has 1 fully saturated rings. The zero-order valence-corrected chi connectivity index (χ0v) is 27.2. The van der Waals surface area contributed by atoms with Crippen molar-refractivity contribution in [1.82, 2.24) is 15.1 Å². The smallest absolute Gasteiger partial charge is 0.414 e. The van der Waals surface area contributed by atoms with E-state index in [2.05, 4.69) is 10.2 Å². The van der Waals surface area contributed by atoms with Crippen LogP contribution in [0.1, 0.15) is 68.9 Å². The lowest BCUT2D eigenvalue weighted by Crippen LogP contribution is -2.74. The van der Waals surface area contributed by atoms with E-state index < -0.39 is 47.6 Å². The van der Waals surface area contributed by atoms with Gasteiger partial charge in [0.15, 0.2) is 23.4 Å². The molecule has 2 heterocycles. The first-order chi connectivity index (χ1) is 22.3. The Morgan fingerprint density at radius 2 is 2.00 bits per heavy atom. The Kier molecular flexibility index (Phi) is 9.83. The molecule has 2 amide bonds. The molecule has 14 nitrogen and oxygen atoms in total. The maximum atomic E-state index is 13.3. The number of hydrogen-bond donors (Lipinski definition) is 5. The first-order valence-corrected chi connectivity index (χ1v) is 16.1. The number of aliphatic carboxylic acids is 1. The topological polar surface area (TPSA) is 205 Å². The first-order valence-electron chi connectivity index (χ1n) is 16.1. The molecule has 1 saturated heterocycles. The van der Waals surface area contributed by atoms with Crippen molar-refractivity contribution in [3.05, 3.63) is 35.1 Å². The van der Waals surface area contributed by atoms with Gasteiger partial charge in [-0.1, -0.05) is 12.5 Å². The predicted octanol–water partition coefficient (Wildman–Crippen LogP) is 1.85. The fourth-order valence-corrected chi connectivity index (χ4v) is 7.88. The molecule has 4 aliphatic rings. The zero-order valence-electron chi connectivity index (χ0n) is 27.2. The monoisotopic (exact) mass is 655 g/mol. The minimum absolute atomic E-state index is 0.0276. The molecule has 0 aromatic heterocycles. The van der Waals surface area contributed by atoms with Crippen molar-refractivity contribution in [2.24, 2.45) is 5.73 Å². The van der Waals surface area contributed by atoms with E-state index in [1.165, 1.54) is 4.90 Å². The number of nitrogens with one attached hydrogen (secondary N) is 2. The lowest BCUT2D eigenvalue weighted by atomic mass is 9.50. The summed E-state index contributed by atoms with van der Waals surface area (Å²) in [6.45, 7) is 0.927. The van der Waals surface area contributed by atoms with Crippen LogP contribution in [0.5, 0.6) is 11.5 Å². The maximum absolute atomic E-state index is 13.3. The molecule has 14 heteroatoms. The second-order valence-electron chi connectivity index (χ2n) is 13.1. The number of likely N-dealkylation sites (N-methyl/N-ethyl adjacent to an activating group) is 1. The second-order valence-corrected chi connectivity index (χ2v) is 13.1. The van der Waals surface area contributed by atoms with Gasteiger partial charge in [-0.3, -0.25) is 19.8 Å². The molecule has 1 aromatic rings. The SMILES string of the molecule is COc1ccc2c3c1OC1C(OC(=O)N(C)CCCC(=O)[C@H](CCCCC(=N)N)NC(=O)CC(=O)O)=CC[C@]4(O)[C@H](C2)N(C)CC[C@@]314. The zero-order chi connectivity index (χ0) is 34.1. The lowest BCUT2D eigenvalue weighted by Gasteiger charge is -2.61. The second kappa shape index (κ2) is 13.5. The lowest BCUT2D eigenvalue weighted by molar-refractivity contribution is -0.163. The highest BCUT2D eigenvalue weighted by Crippen LogP contribution is 2.65. The van der Waals surface area contributed by atoms with Gasteiger partial charge in [0.2, 0.25) is 5.91 Å². The summed E-state index contributed by atoms with van der Waals surface area (Å²) in [5, 5.41) is 31.1. The van der Waals surface area contributed by atoms with E-state index in [1.54, 1.807) is 20.2 Å². The quantitative estimate of drug-likeness (QED) is 0.0798. The van der Waals surface area contributed by atoms with Crippen LogP contribution >= 0.6 is 0 Å². The van der Waals surface area contributed by atoms with Gasteiger partial charge in [0.1, 0.15) is 12.2 Å². The number of carbonyl (C=O) groups excluding carboxylic acids is 3. The number of amides is 2. The number of nitrogens with zero attached hydrogens (tertiary/aromatic N) is 2. The fourth-order valence-electron chi connectivity index (χ4n) is 7.88. The summed E-state index contributed by atoms with van der Waals surface area (Å²) in [5.74, 6) is -0.825. The molecule has 0 radical (unpaired) electrons. The van der Waals surface area contributed by atoms with Gasteiger partial charge in [0.05, 0.1) is 30.0 Å². The number of rotatable bonds is 15. The van der Waals surface area contributed by atoms with Crippen molar-refractivity contribution < 1.29 is 43.6 Å². The molecule has 5 atom stereocenters. The summed E-state index contributed by atoms with van der Waals surface area (Å²) in [5.41, 5.74) is 5.50. The molecular weight excluding hydrogens is 610 g/mol. The number of carboxylic acids is 1. The molecule has 1 unspecified atom stereocenters. The number of amidine groups is 1. The van der Waals surface area contributed by atoms with Crippen molar-refractivity contribution in [1.29, 1.82) is 5.41 Å². The van der Waals surface area contributed by atoms with E-state index in [9.17, 15) is 24.3 Å². The first kappa shape index (κ1) is 34.2. The van der Waals surface area contributed by atoms with Crippen molar-refractivity contribution in [3.63, 3.8) is 0 Å². The van der Waals surface area contributed by atoms with Crippen LogP contribution in [-0.2, 0) is 31.0 Å². The average Bonchev–Trinajstić information content (AvgIpc) is 3.37. The number of hydrogen-bond acceptors (Lipinski definition) is 10. The Balaban J connectivity index is 1.23. The Bertz CT molecular complexity index is 1480. The standard InChI is InChI=1S/C33H45N5O9/c1-37-16-14-32-28-19-10-11-22(45-3)29(28)47-30(32)23(12-13-33(32,44)24(37)17-19)46-31(43)38(2)15-6-8-21(39)20(7-4-5-9-25(34)35)36-26(40)18-27(41)42/h10-12,20,24,30,44H,4-9,13-18H2,1-3H3,(H3,34,35)(H,36,40)(H,41,42)/t20-,24-,30?,32+,33-/m0/s1. The van der Waals surface area contributed by atoms with Gasteiger partial charge in [-0.25, -0.2) is 4.79 Å². The van der Waals surface area contributed by atoms with E-state index in [-0.39, 0.29) is 43.5 Å². The van der Waals surface area contributed by atoms with E-state index in [4.69, 9.17) is 30.5 Å². The van der Waals surface area contributed by atoms with Gasteiger partial charge < -0.3 is 45.3 Å². The molecule has 0 saturated carbocycles. The number of carbonyl (C=O) groups is 4. The fraction of sp³-hybridized carbons (Fsp3) is 0.606. The Labute approximate surface area is 273 Å². The third kappa shape index (κ3) is 6.28. The molecule has 2 bridgehead atoms. The van der Waals surface area contributed by atoms with Crippen molar-refractivity contribution in [2.45, 2.75) is 93.4 Å². The largest absolute Gasteiger partial charge is 0.493 e. The number of aliphatic hydroxyl groups is 1. The van der Waals surface area contributed by atoms with Gasteiger partial charge in [0, 0.05) is 44.5 Å². The number of piperidine rings is 1. The number of Topliss-reactive ketones (excluding diaryl/α,β-unsaturated/α-hetero) is 1. The van der Waals surface area contributed by atoms with Gasteiger partial charge in [-0.15, -0.1) is 0 Å². The van der Waals surface area contributed by atoms with Crippen molar-refractivity contribution >= 4 is 29.6 Å². The number of likely N-dealkylation sites (tertiary alicyclic amines) is 1. The summed E-state index contributed by atoms with van der Waals surface area (Å²) in [7, 11) is 5.16. The Morgan fingerprint density at radius 1 is 1.23 bits per heavy atom. The van der Waals surface area contributed by atoms with Crippen LogP contribution in [0.15, 0.2) is 24.0 Å².